The molecule has 56 heavy (non-hydrogen) atoms. The average molecular weight is 795 g/mol. The fourth-order valence-electron chi connectivity index (χ4n) is 7.40. The molecule has 7 rings (SSSR count). The molecule has 1 aliphatic heterocycles. The summed E-state index contributed by atoms with van der Waals surface area (Å²) in [6.45, 7) is 5.05. The molecule has 3 N–H and O–H groups in total. The van der Waals surface area contributed by atoms with Crippen LogP contribution in [0.2, 0.25) is 0 Å². The molecule has 2 heterocycles. The van der Waals surface area contributed by atoms with Crippen LogP contribution < -0.4 is 10.6 Å². The molecule has 1 aromatic heterocycles. The summed E-state index contributed by atoms with van der Waals surface area (Å²) in [5.74, 6) is -2.53. The van der Waals surface area contributed by atoms with Crippen LogP contribution in [0.4, 0.5) is 8.78 Å². The van der Waals surface area contributed by atoms with Gasteiger partial charge in [-0.1, -0.05) is 115 Å². The van der Waals surface area contributed by atoms with Gasteiger partial charge in [-0.3, -0.25) is 14.4 Å². The lowest BCUT2D eigenvalue weighted by molar-refractivity contribution is -0.143. The van der Waals surface area contributed by atoms with Crippen LogP contribution in [0, 0.1) is 6.92 Å². The molecule has 4 atom stereocenters. The van der Waals surface area contributed by atoms with Crippen molar-refractivity contribution in [2.45, 2.75) is 79.7 Å². The number of aryl methyl sites for hydroxylation is 1. The van der Waals surface area contributed by atoms with Crippen molar-refractivity contribution in [1.82, 2.24) is 20.5 Å². The van der Waals surface area contributed by atoms with Crippen LogP contribution in [0.15, 0.2) is 121 Å². The number of nitrogens with zero attached hydrogens (tertiary/aromatic N) is 2. The zero-order valence-corrected chi connectivity index (χ0v) is 33.0. The number of carbonyl (C=O) groups is 3. The lowest BCUT2D eigenvalue weighted by Gasteiger charge is -2.45. The number of rotatable bonds is 13. The van der Waals surface area contributed by atoms with Crippen LogP contribution in [-0.4, -0.2) is 74.0 Å². The van der Waals surface area contributed by atoms with Gasteiger partial charge in [0.1, 0.15) is 18.2 Å². The number of amides is 3. The van der Waals surface area contributed by atoms with E-state index in [4.69, 9.17) is 0 Å². The first-order chi connectivity index (χ1) is 26.8. The van der Waals surface area contributed by atoms with Crippen LogP contribution >= 0.6 is 23.1 Å². The first-order valence-corrected chi connectivity index (χ1v) is 20.3. The molecule has 5 aromatic rings. The Labute approximate surface area is 333 Å². The van der Waals surface area contributed by atoms with Gasteiger partial charge >= 0.3 is 0 Å². The lowest BCUT2D eigenvalue weighted by atomic mass is 9.84. The van der Waals surface area contributed by atoms with Gasteiger partial charge in [0.25, 0.3) is 5.91 Å². The predicted molar refractivity (Wildman–Crippen MR) is 216 cm³/mol. The second-order valence-corrected chi connectivity index (χ2v) is 17.7. The Morgan fingerprint density at radius 3 is 1.93 bits per heavy atom. The summed E-state index contributed by atoms with van der Waals surface area (Å²) in [6, 6.07) is 33.7. The molecule has 0 spiro atoms. The molecule has 290 valence electrons. The van der Waals surface area contributed by atoms with Gasteiger partial charge in [0.2, 0.25) is 11.8 Å². The van der Waals surface area contributed by atoms with Crippen molar-refractivity contribution in [2.24, 2.45) is 0 Å². The van der Waals surface area contributed by atoms with Gasteiger partial charge in [0.15, 0.2) is 11.8 Å². The second-order valence-electron chi connectivity index (χ2n) is 15.0. The monoisotopic (exact) mass is 794 g/mol. The first kappa shape index (κ1) is 39.3. The number of thioether (sulfide) groups is 1. The number of carbonyl (C=O) groups excluding carboxylic acids is 3. The van der Waals surface area contributed by atoms with Crippen molar-refractivity contribution in [3.8, 4) is 10.4 Å². The van der Waals surface area contributed by atoms with E-state index >= 15 is 8.78 Å². The molecule has 2 fully saturated rings. The Hall–Kier alpha value is -4.91. The molecule has 3 amide bonds. The van der Waals surface area contributed by atoms with Crippen LogP contribution in [0.1, 0.15) is 54.6 Å². The summed E-state index contributed by atoms with van der Waals surface area (Å²) in [5, 5.41) is 16.3. The number of halogens is 2. The maximum atomic E-state index is 15.9. The molecule has 0 unspecified atom stereocenters. The summed E-state index contributed by atoms with van der Waals surface area (Å²) in [5.41, 5.74) is 4.96. The number of nitrogens with one attached hydrogen (secondary N) is 2. The van der Waals surface area contributed by atoms with E-state index in [2.05, 4.69) is 15.6 Å². The largest absolute Gasteiger partial charge is 0.388 e. The maximum Gasteiger partial charge on any atom is 0.258 e. The Kier molecular flexibility index (Phi) is 11.2. The van der Waals surface area contributed by atoms with E-state index in [0.29, 0.717) is 0 Å². The summed E-state index contributed by atoms with van der Waals surface area (Å²) < 4.78 is 29.1. The van der Waals surface area contributed by atoms with Crippen LogP contribution in [0.3, 0.4) is 0 Å². The van der Waals surface area contributed by atoms with E-state index in [0.717, 1.165) is 43.3 Å². The second kappa shape index (κ2) is 15.9. The van der Waals surface area contributed by atoms with Crippen molar-refractivity contribution >= 4 is 40.8 Å². The van der Waals surface area contributed by atoms with Gasteiger partial charge in [-0.05, 0) is 61.4 Å². The van der Waals surface area contributed by atoms with Crippen molar-refractivity contribution < 1.29 is 28.3 Å². The van der Waals surface area contributed by atoms with E-state index < -0.39 is 63.8 Å². The molecule has 2 aliphatic rings. The Morgan fingerprint density at radius 1 is 0.911 bits per heavy atom. The Morgan fingerprint density at radius 2 is 1.45 bits per heavy atom. The average Bonchev–Trinajstić information content (AvgIpc) is 3.71. The number of aromatic nitrogens is 1. The van der Waals surface area contributed by atoms with Gasteiger partial charge < -0.3 is 20.6 Å². The number of aliphatic hydroxyl groups excluding tert-OH is 1. The van der Waals surface area contributed by atoms with Crippen LogP contribution in [0.25, 0.3) is 10.4 Å². The standard InChI is InChI=1S/C44H44F2N4O4S2/c1-28-37(55-27-48-28)30-21-19-29(20-22-30)25-47-39(52)36-35(45)34(51)26-50(36)40(53)38(49-41(54)43(46)23-24-43)42(2,3)56-44(31-13-7-4-8-14-31,32-15-9-5-10-16-32)33-17-11-6-12-18-33/h4-22,27,34-36,38,51H,23-26H2,1-3H3,(H,47,52)(H,49,54)/t34-,35-,36+,38+/m0/s1. The molecular formula is C44H44F2N4O4S2. The van der Waals surface area contributed by atoms with Crippen LogP contribution in [0.5, 0.6) is 0 Å². The van der Waals surface area contributed by atoms with Crippen molar-refractivity contribution in [1.29, 1.82) is 0 Å². The quantitative estimate of drug-likeness (QED) is 0.109. The van der Waals surface area contributed by atoms with Gasteiger partial charge in [0.05, 0.1) is 27.4 Å². The number of hydrogen-bond acceptors (Lipinski definition) is 7. The van der Waals surface area contributed by atoms with E-state index in [1.807, 2.05) is 122 Å². The smallest absolute Gasteiger partial charge is 0.258 e. The topological polar surface area (TPSA) is 112 Å². The predicted octanol–water partition coefficient (Wildman–Crippen LogP) is 7.14. The molecule has 1 saturated heterocycles. The molecule has 4 aromatic carbocycles. The summed E-state index contributed by atoms with van der Waals surface area (Å²) >= 11 is 2.92. The number of likely N-dealkylation sites (tertiary alicyclic amines) is 1. The third kappa shape index (κ3) is 7.74. The number of β-amino-alcohol motifs (C(OH)–C–C–N with tert-alkyl or cyclic N) is 1. The van der Waals surface area contributed by atoms with Crippen LogP contribution in [-0.2, 0) is 25.7 Å². The third-order valence-corrected chi connectivity index (χ3v) is 13.4. The van der Waals surface area contributed by atoms with Gasteiger partial charge in [-0.25, -0.2) is 13.8 Å². The van der Waals surface area contributed by atoms with Crippen molar-refractivity contribution in [3.63, 3.8) is 0 Å². The van der Waals surface area contributed by atoms with E-state index in [1.54, 1.807) is 19.4 Å². The zero-order chi connectivity index (χ0) is 39.7. The Bertz CT molecular complexity index is 2070. The highest BCUT2D eigenvalue weighted by Crippen LogP contribution is 2.54. The first-order valence-electron chi connectivity index (χ1n) is 18.6. The maximum absolute atomic E-state index is 15.9. The van der Waals surface area contributed by atoms with Crippen molar-refractivity contribution in [3.05, 3.63) is 149 Å². The van der Waals surface area contributed by atoms with Gasteiger partial charge in [-0.2, -0.15) is 0 Å². The fraction of sp³-hybridized carbons (Fsp3) is 0.318. The highest BCUT2D eigenvalue weighted by atomic mass is 32.2. The molecule has 0 radical (unpaired) electrons. The van der Waals surface area contributed by atoms with Gasteiger partial charge in [0, 0.05) is 11.3 Å². The van der Waals surface area contributed by atoms with Crippen molar-refractivity contribution in [2.75, 3.05) is 6.54 Å². The fourth-order valence-corrected chi connectivity index (χ4v) is 10.0. The summed E-state index contributed by atoms with van der Waals surface area (Å²) in [7, 11) is 0. The zero-order valence-electron chi connectivity index (χ0n) is 31.3. The number of benzene rings is 4. The highest BCUT2D eigenvalue weighted by Gasteiger charge is 2.57. The van der Waals surface area contributed by atoms with E-state index in [9.17, 15) is 19.5 Å². The highest BCUT2D eigenvalue weighted by molar-refractivity contribution is 8.02. The van der Waals surface area contributed by atoms with E-state index in [-0.39, 0.29) is 19.4 Å². The summed E-state index contributed by atoms with van der Waals surface area (Å²) in [4.78, 5) is 48.6. The minimum Gasteiger partial charge on any atom is -0.388 e. The SMILES string of the molecule is Cc1ncsc1-c1ccc(CNC(=O)[C@H]2[C@@H](F)[C@@H](O)CN2C(=O)[C@@H](NC(=O)C2(F)CC2)C(C)(C)SC(c2ccccc2)(c2ccccc2)c2ccccc2)cc1. The summed E-state index contributed by atoms with van der Waals surface area (Å²) in [6.07, 6.45) is -3.73. The third-order valence-electron chi connectivity index (χ3n) is 10.6. The number of alkyl halides is 2. The van der Waals surface area contributed by atoms with Gasteiger partial charge in [-0.15, -0.1) is 23.1 Å². The number of thiazole rings is 1. The molecule has 0 bridgehead atoms. The molecule has 8 nitrogen and oxygen atoms in total. The minimum absolute atomic E-state index is 0.0140. The molecule has 1 aliphatic carbocycles. The van der Waals surface area contributed by atoms with E-state index in [1.165, 1.54) is 23.1 Å². The molecule has 12 heteroatoms. The lowest BCUT2D eigenvalue weighted by Crippen LogP contribution is -2.62. The molecular weight excluding hydrogens is 751 g/mol. The normalized spacial score (nSPS) is 19.6. The molecule has 1 saturated carbocycles. The number of hydrogen-bond donors (Lipinski definition) is 3. The Balaban J connectivity index is 1.22. The number of aliphatic hydroxyl groups is 1. The minimum atomic E-state index is -2.13.